The number of hydrogen-bond acceptors (Lipinski definition) is 6. The van der Waals surface area contributed by atoms with Gasteiger partial charge < -0.3 is 27.9 Å². The van der Waals surface area contributed by atoms with E-state index in [0.717, 1.165) is 16.3 Å². The Morgan fingerprint density at radius 1 is 0.800 bits per heavy atom. The third-order valence-corrected chi connectivity index (χ3v) is 5.22. The highest BCUT2D eigenvalue weighted by atomic mass is 16.5. The number of aromatic nitrogens is 1. The highest BCUT2D eigenvalue weighted by molar-refractivity contribution is 6.04. The van der Waals surface area contributed by atoms with Crippen molar-refractivity contribution >= 4 is 21.9 Å². The van der Waals surface area contributed by atoms with E-state index >= 15 is 0 Å². The van der Waals surface area contributed by atoms with E-state index in [-0.39, 0.29) is 5.63 Å². The van der Waals surface area contributed by atoms with Crippen LogP contribution in [0.5, 0.6) is 23.0 Å². The summed E-state index contributed by atoms with van der Waals surface area (Å²) in [6, 6.07) is 11.2. The average molecular weight is 409 g/mol. The number of benzene rings is 2. The van der Waals surface area contributed by atoms with Gasteiger partial charge in [-0.2, -0.15) is 0 Å². The van der Waals surface area contributed by atoms with Crippen molar-refractivity contribution in [1.29, 1.82) is 0 Å². The molecule has 0 saturated heterocycles. The van der Waals surface area contributed by atoms with Gasteiger partial charge in [0.25, 0.3) is 0 Å². The van der Waals surface area contributed by atoms with Crippen LogP contribution in [0.1, 0.15) is 5.56 Å². The fourth-order valence-corrected chi connectivity index (χ4v) is 3.69. The maximum absolute atomic E-state index is 12.7. The first-order valence-corrected chi connectivity index (χ1v) is 9.48. The van der Waals surface area contributed by atoms with Gasteiger partial charge in [-0.25, -0.2) is 4.79 Å². The van der Waals surface area contributed by atoms with Crippen LogP contribution in [0.2, 0.25) is 0 Å². The molecule has 0 saturated carbocycles. The highest BCUT2D eigenvalue weighted by Gasteiger charge is 2.16. The van der Waals surface area contributed by atoms with E-state index in [2.05, 4.69) is 0 Å². The van der Waals surface area contributed by atoms with Crippen LogP contribution < -0.4 is 24.6 Å². The number of aryl methyl sites for hydroxylation is 2. The minimum absolute atomic E-state index is 0.387. The molecule has 0 aliphatic rings. The predicted molar refractivity (Wildman–Crippen MR) is 114 cm³/mol. The number of hydrogen-bond donors (Lipinski definition) is 0. The van der Waals surface area contributed by atoms with Gasteiger partial charge in [-0.05, 0) is 36.2 Å². The molecule has 0 bridgehead atoms. The first-order chi connectivity index (χ1) is 14.6. The molecule has 0 fully saturated rings. The molecule has 0 aliphatic heterocycles. The summed E-state index contributed by atoms with van der Waals surface area (Å²) in [6.45, 7) is 0.614. The maximum atomic E-state index is 12.7. The van der Waals surface area contributed by atoms with Gasteiger partial charge in [0, 0.05) is 29.6 Å². The Bertz CT molecular complexity index is 1270. The Morgan fingerprint density at radius 2 is 1.47 bits per heavy atom. The monoisotopic (exact) mass is 409 g/mol. The minimum Gasteiger partial charge on any atom is -0.493 e. The van der Waals surface area contributed by atoms with Crippen LogP contribution in [0.25, 0.3) is 21.9 Å². The van der Waals surface area contributed by atoms with E-state index in [4.69, 9.17) is 23.4 Å². The summed E-state index contributed by atoms with van der Waals surface area (Å²) in [4.78, 5) is 12.7. The van der Waals surface area contributed by atoms with Crippen LogP contribution in [0, 0.1) is 0 Å². The van der Waals surface area contributed by atoms with Crippen molar-refractivity contribution in [1.82, 2.24) is 4.57 Å². The lowest BCUT2D eigenvalue weighted by molar-refractivity contribution is 0.354. The van der Waals surface area contributed by atoms with Crippen molar-refractivity contribution in [2.24, 2.45) is 0 Å². The van der Waals surface area contributed by atoms with Gasteiger partial charge in [0.2, 0.25) is 0 Å². The van der Waals surface area contributed by atoms with Crippen LogP contribution in [0.4, 0.5) is 0 Å². The van der Waals surface area contributed by atoms with Crippen molar-refractivity contribution in [3.8, 4) is 23.0 Å². The predicted octanol–water partition coefficient (Wildman–Crippen LogP) is 4.02. The third-order valence-electron chi connectivity index (χ3n) is 5.22. The molecule has 7 heteroatoms. The Morgan fingerprint density at radius 3 is 2.17 bits per heavy atom. The fraction of sp³-hybridized carbons (Fsp3) is 0.261. The Hall–Kier alpha value is -3.61. The Labute approximate surface area is 173 Å². The molecule has 4 aromatic rings. The molecule has 0 radical (unpaired) electrons. The number of rotatable bonds is 7. The van der Waals surface area contributed by atoms with E-state index in [1.807, 2.05) is 41.1 Å². The summed E-state index contributed by atoms with van der Waals surface area (Å²) in [7, 11) is 6.34. The fourth-order valence-electron chi connectivity index (χ4n) is 3.69. The summed E-state index contributed by atoms with van der Waals surface area (Å²) >= 11 is 0. The quantitative estimate of drug-likeness (QED) is 0.429. The Kier molecular flexibility index (Phi) is 5.27. The Balaban J connectivity index is 1.72. The summed E-state index contributed by atoms with van der Waals surface area (Å²) < 4.78 is 28.9. The van der Waals surface area contributed by atoms with Gasteiger partial charge in [0.15, 0.2) is 23.0 Å². The molecule has 0 unspecified atom stereocenters. The summed E-state index contributed by atoms with van der Waals surface area (Å²) in [5, 5.41) is 1.61. The second-order valence-electron chi connectivity index (χ2n) is 6.80. The lowest BCUT2D eigenvalue weighted by atomic mass is 10.1. The van der Waals surface area contributed by atoms with Crippen molar-refractivity contribution in [3.05, 3.63) is 58.6 Å². The summed E-state index contributed by atoms with van der Waals surface area (Å²) in [5.74, 6) is 2.46. The average Bonchev–Trinajstić information content (AvgIpc) is 3.21. The van der Waals surface area contributed by atoms with E-state index in [1.54, 1.807) is 34.5 Å². The van der Waals surface area contributed by atoms with Crippen molar-refractivity contribution in [2.45, 2.75) is 13.0 Å². The van der Waals surface area contributed by atoms with Crippen molar-refractivity contribution < 1.29 is 23.4 Å². The van der Waals surface area contributed by atoms with Crippen LogP contribution >= 0.6 is 0 Å². The van der Waals surface area contributed by atoms with Gasteiger partial charge in [-0.1, -0.05) is 6.07 Å². The van der Waals surface area contributed by atoms with E-state index in [0.29, 0.717) is 47.1 Å². The van der Waals surface area contributed by atoms with Crippen molar-refractivity contribution in [2.75, 3.05) is 28.4 Å². The number of ether oxygens (including phenoxy) is 4. The maximum Gasteiger partial charge on any atom is 0.361 e. The first kappa shape index (κ1) is 19.7. The zero-order chi connectivity index (χ0) is 21.3. The number of methoxy groups -OCH3 is 4. The molecule has 30 heavy (non-hydrogen) atoms. The zero-order valence-electron chi connectivity index (χ0n) is 17.4. The second kappa shape index (κ2) is 8.02. The molecule has 0 amide bonds. The van der Waals surface area contributed by atoms with Gasteiger partial charge in [-0.15, -0.1) is 0 Å². The smallest absolute Gasteiger partial charge is 0.361 e. The zero-order valence-corrected chi connectivity index (χ0v) is 17.4. The summed E-state index contributed by atoms with van der Waals surface area (Å²) in [5.41, 5.74) is 1.67. The number of fused-ring (bicyclic) bond motifs is 3. The molecule has 0 atom stereocenters. The second-order valence-corrected chi connectivity index (χ2v) is 6.80. The molecular formula is C23H23NO6. The minimum atomic E-state index is -0.387. The van der Waals surface area contributed by atoms with E-state index in [1.165, 1.54) is 0 Å². The lowest BCUT2D eigenvalue weighted by Crippen LogP contribution is -2.08. The van der Waals surface area contributed by atoms with Crippen LogP contribution in [-0.2, 0) is 13.0 Å². The molecule has 0 aliphatic carbocycles. The molecule has 4 rings (SSSR count). The number of nitrogens with zero attached hydrogens (tertiary/aromatic N) is 1. The van der Waals surface area contributed by atoms with Crippen LogP contribution in [-0.4, -0.2) is 33.0 Å². The van der Waals surface area contributed by atoms with E-state index < -0.39 is 0 Å². The van der Waals surface area contributed by atoms with Gasteiger partial charge in [-0.3, -0.25) is 0 Å². The molecule has 2 heterocycles. The molecule has 2 aromatic heterocycles. The standard InChI is InChI=1S/C23H23NO6/c1-26-17-6-5-14(11-19(17)27-2)7-9-24-10-8-15-16-12-20(28-3)21(29-4)13-18(16)30-23(25)22(15)24/h5-6,8,10-13H,7,9H2,1-4H3. The van der Waals surface area contributed by atoms with Crippen molar-refractivity contribution in [3.63, 3.8) is 0 Å². The van der Waals surface area contributed by atoms with Gasteiger partial charge >= 0.3 is 5.63 Å². The van der Waals surface area contributed by atoms with Crippen LogP contribution in [0.15, 0.2) is 51.8 Å². The lowest BCUT2D eigenvalue weighted by Gasteiger charge is -2.11. The molecular weight excluding hydrogens is 386 g/mol. The topological polar surface area (TPSA) is 72.1 Å². The summed E-state index contributed by atoms with van der Waals surface area (Å²) in [6.07, 6.45) is 2.62. The normalized spacial score (nSPS) is 11.1. The highest BCUT2D eigenvalue weighted by Crippen LogP contribution is 2.35. The molecule has 156 valence electrons. The SMILES string of the molecule is COc1ccc(CCn2ccc3c4cc(OC)c(OC)cc4oc(=O)c32)cc1OC. The first-order valence-electron chi connectivity index (χ1n) is 9.48. The molecule has 7 nitrogen and oxygen atoms in total. The molecule has 2 aromatic carbocycles. The molecule has 0 N–H and O–H groups in total. The van der Waals surface area contributed by atoms with Gasteiger partial charge in [0.1, 0.15) is 11.1 Å². The van der Waals surface area contributed by atoms with Gasteiger partial charge in [0.05, 0.1) is 28.4 Å². The van der Waals surface area contributed by atoms with Crippen LogP contribution in [0.3, 0.4) is 0 Å². The third kappa shape index (κ3) is 3.32. The molecule has 0 spiro atoms. The van der Waals surface area contributed by atoms with E-state index in [9.17, 15) is 4.79 Å². The largest absolute Gasteiger partial charge is 0.493 e.